The molecule has 0 amide bonds. The van der Waals surface area contributed by atoms with Crippen LogP contribution in [-0.4, -0.2) is 84.7 Å². The molecular weight excluding hydrogens is 420 g/mol. The molecule has 174 valence electrons. The number of aliphatic hydroxyl groups excluding tert-OH is 2. The number of hydrogen-bond acceptors (Lipinski definition) is 8. The summed E-state index contributed by atoms with van der Waals surface area (Å²) in [4.78, 5) is 4.43. The SMILES string of the molecule is N#Cc1ccc(OC[C@H](O)CN2CCCN(C[C@@H](O)COc3ccc(C#N)cc3)CC2)cc1. The molecule has 0 bridgehead atoms. The molecule has 1 saturated heterocycles. The lowest BCUT2D eigenvalue weighted by Gasteiger charge is -2.25. The van der Waals surface area contributed by atoms with Crippen molar-refractivity contribution in [2.45, 2.75) is 18.6 Å². The highest BCUT2D eigenvalue weighted by Gasteiger charge is 2.20. The molecule has 2 aromatic rings. The molecule has 1 fully saturated rings. The molecule has 0 aromatic heterocycles. The minimum atomic E-state index is -0.612. The maximum atomic E-state index is 10.4. The Hall–Kier alpha value is -3.14. The van der Waals surface area contributed by atoms with Gasteiger partial charge in [0, 0.05) is 26.2 Å². The first-order chi connectivity index (χ1) is 16.1. The van der Waals surface area contributed by atoms with Crippen molar-refractivity contribution in [2.75, 3.05) is 52.5 Å². The first kappa shape index (κ1) is 24.5. The van der Waals surface area contributed by atoms with Crippen molar-refractivity contribution in [3.05, 3.63) is 59.7 Å². The fourth-order valence-electron chi connectivity index (χ4n) is 3.73. The van der Waals surface area contributed by atoms with Crippen LogP contribution >= 0.6 is 0 Å². The van der Waals surface area contributed by atoms with Gasteiger partial charge < -0.3 is 19.7 Å². The summed E-state index contributed by atoms with van der Waals surface area (Å²) in [6, 6.07) is 17.8. The molecule has 0 unspecified atom stereocenters. The molecule has 8 nitrogen and oxygen atoms in total. The highest BCUT2D eigenvalue weighted by atomic mass is 16.5. The molecule has 1 aliphatic heterocycles. The van der Waals surface area contributed by atoms with E-state index < -0.39 is 12.2 Å². The Balaban J connectivity index is 1.34. The van der Waals surface area contributed by atoms with E-state index in [0.29, 0.717) is 35.7 Å². The van der Waals surface area contributed by atoms with Gasteiger partial charge in [-0.05, 0) is 68.0 Å². The van der Waals surface area contributed by atoms with Crippen molar-refractivity contribution in [3.8, 4) is 23.6 Å². The summed E-state index contributed by atoms with van der Waals surface area (Å²) in [5.41, 5.74) is 1.14. The highest BCUT2D eigenvalue weighted by molar-refractivity contribution is 5.35. The van der Waals surface area contributed by atoms with Gasteiger partial charge in [0.15, 0.2) is 0 Å². The minimum absolute atomic E-state index is 0.192. The fraction of sp³-hybridized carbons (Fsp3) is 0.440. The van der Waals surface area contributed by atoms with E-state index >= 15 is 0 Å². The third-order valence-electron chi connectivity index (χ3n) is 5.47. The molecular formula is C25H30N4O4. The van der Waals surface area contributed by atoms with Gasteiger partial charge in [-0.25, -0.2) is 0 Å². The topological polar surface area (TPSA) is 113 Å². The van der Waals surface area contributed by atoms with Crippen LogP contribution in [0.4, 0.5) is 0 Å². The summed E-state index contributed by atoms with van der Waals surface area (Å²) in [6.07, 6.45) is -0.274. The van der Waals surface area contributed by atoms with Gasteiger partial charge in [0.25, 0.3) is 0 Å². The number of benzene rings is 2. The zero-order valence-corrected chi connectivity index (χ0v) is 18.6. The van der Waals surface area contributed by atoms with Crippen LogP contribution in [0.5, 0.6) is 11.5 Å². The number of nitrogens with zero attached hydrogens (tertiary/aromatic N) is 4. The summed E-state index contributed by atoms with van der Waals surface area (Å²) < 4.78 is 11.3. The van der Waals surface area contributed by atoms with E-state index in [1.807, 2.05) is 0 Å². The predicted molar refractivity (Wildman–Crippen MR) is 123 cm³/mol. The van der Waals surface area contributed by atoms with E-state index in [1.54, 1.807) is 48.5 Å². The van der Waals surface area contributed by atoms with Crippen molar-refractivity contribution >= 4 is 0 Å². The van der Waals surface area contributed by atoms with Gasteiger partial charge in [0.05, 0.1) is 23.3 Å². The molecule has 2 aromatic carbocycles. The Morgan fingerprint density at radius 3 is 1.45 bits per heavy atom. The van der Waals surface area contributed by atoms with Crippen LogP contribution in [0, 0.1) is 22.7 Å². The van der Waals surface area contributed by atoms with Crippen molar-refractivity contribution < 1.29 is 19.7 Å². The second kappa shape index (κ2) is 12.8. The molecule has 3 rings (SSSR count). The van der Waals surface area contributed by atoms with Crippen LogP contribution in [0.1, 0.15) is 17.5 Å². The van der Waals surface area contributed by atoms with Gasteiger partial charge in [0.1, 0.15) is 36.9 Å². The lowest BCUT2D eigenvalue weighted by molar-refractivity contribution is 0.0617. The van der Waals surface area contributed by atoms with Crippen molar-refractivity contribution in [1.82, 2.24) is 9.80 Å². The van der Waals surface area contributed by atoms with Crippen LogP contribution in [0.3, 0.4) is 0 Å². The van der Waals surface area contributed by atoms with E-state index in [1.165, 1.54) is 0 Å². The number of ether oxygens (including phenoxy) is 2. The first-order valence-electron chi connectivity index (χ1n) is 11.1. The average molecular weight is 451 g/mol. The third-order valence-corrected chi connectivity index (χ3v) is 5.47. The normalized spacial score (nSPS) is 16.7. The molecule has 1 aliphatic rings. The summed E-state index contributed by atoms with van der Waals surface area (Å²) in [5.74, 6) is 1.26. The number of aliphatic hydroxyl groups is 2. The molecule has 8 heteroatoms. The quantitative estimate of drug-likeness (QED) is 0.562. The lowest BCUT2D eigenvalue weighted by atomic mass is 10.2. The van der Waals surface area contributed by atoms with E-state index in [2.05, 4.69) is 21.9 Å². The van der Waals surface area contributed by atoms with Crippen LogP contribution in [-0.2, 0) is 0 Å². The fourth-order valence-corrected chi connectivity index (χ4v) is 3.73. The second-order valence-corrected chi connectivity index (χ2v) is 8.16. The van der Waals surface area contributed by atoms with Gasteiger partial charge in [-0.3, -0.25) is 9.80 Å². The number of rotatable bonds is 10. The number of nitriles is 2. The number of β-amino-alcohol motifs (C(OH)–C–C–N with tert-alkyl or cyclic N) is 2. The maximum Gasteiger partial charge on any atom is 0.119 e. The van der Waals surface area contributed by atoms with E-state index in [9.17, 15) is 10.2 Å². The molecule has 0 radical (unpaired) electrons. The monoisotopic (exact) mass is 450 g/mol. The Kier molecular flexibility index (Phi) is 9.49. The maximum absolute atomic E-state index is 10.4. The Bertz CT molecular complexity index is 859. The molecule has 2 N–H and O–H groups in total. The molecule has 0 aliphatic carbocycles. The van der Waals surface area contributed by atoms with Crippen LogP contribution in [0.25, 0.3) is 0 Å². The Labute approximate surface area is 194 Å². The molecule has 1 heterocycles. The van der Waals surface area contributed by atoms with E-state index in [0.717, 1.165) is 32.6 Å². The number of hydrogen-bond donors (Lipinski definition) is 2. The van der Waals surface area contributed by atoms with Crippen LogP contribution < -0.4 is 9.47 Å². The Morgan fingerprint density at radius 1 is 0.697 bits per heavy atom. The summed E-state index contributed by atoms with van der Waals surface area (Å²) in [7, 11) is 0. The first-order valence-corrected chi connectivity index (χ1v) is 11.1. The van der Waals surface area contributed by atoms with Crippen molar-refractivity contribution in [1.29, 1.82) is 10.5 Å². The molecule has 2 atom stereocenters. The van der Waals surface area contributed by atoms with E-state index in [-0.39, 0.29) is 13.2 Å². The highest BCUT2D eigenvalue weighted by Crippen LogP contribution is 2.14. The molecule has 0 saturated carbocycles. The van der Waals surface area contributed by atoms with Crippen molar-refractivity contribution in [3.63, 3.8) is 0 Å². The van der Waals surface area contributed by atoms with Gasteiger partial charge in [-0.2, -0.15) is 10.5 Å². The predicted octanol–water partition coefficient (Wildman–Crippen LogP) is 1.62. The molecule has 33 heavy (non-hydrogen) atoms. The average Bonchev–Trinajstić information content (AvgIpc) is 3.07. The second-order valence-electron chi connectivity index (χ2n) is 8.16. The van der Waals surface area contributed by atoms with E-state index in [4.69, 9.17) is 20.0 Å². The lowest BCUT2D eigenvalue weighted by Crippen LogP contribution is -2.40. The largest absolute Gasteiger partial charge is 0.491 e. The summed E-state index contributed by atoms with van der Waals surface area (Å²) in [6.45, 7) is 4.79. The minimum Gasteiger partial charge on any atom is -0.491 e. The standard InChI is InChI=1S/C25H30N4O4/c26-14-20-2-6-24(7-3-20)32-18-22(30)16-28-10-1-11-29(13-12-28)17-23(31)19-33-25-8-4-21(15-27)5-9-25/h2-9,22-23,30-31H,1,10-13,16-19H2/t22-,23-/m1/s1. The van der Waals surface area contributed by atoms with Crippen molar-refractivity contribution in [2.24, 2.45) is 0 Å². The van der Waals surface area contributed by atoms with Gasteiger partial charge in [-0.1, -0.05) is 0 Å². The van der Waals surface area contributed by atoms with Gasteiger partial charge >= 0.3 is 0 Å². The molecule has 0 spiro atoms. The smallest absolute Gasteiger partial charge is 0.119 e. The Morgan fingerprint density at radius 2 is 1.09 bits per heavy atom. The van der Waals surface area contributed by atoms with Gasteiger partial charge in [-0.15, -0.1) is 0 Å². The summed E-state index contributed by atoms with van der Waals surface area (Å²) >= 11 is 0. The van der Waals surface area contributed by atoms with Crippen LogP contribution in [0.2, 0.25) is 0 Å². The zero-order chi connectivity index (χ0) is 23.5. The summed E-state index contributed by atoms with van der Waals surface area (Å²) in [5, 5.41) is 38.4. The van der Waals surface area contributed by atoms with Gasteiger partial charge in [0.2, 0.25) is 0 Å². The van der Waals surface area contributed by atoms with Crippen LogP contribution in [0.15, 0.2) is 48.5 Å². The zero-order valence-electron chi connectivity index (χ0n) is 18.6. The third kappa shape index (κ3) is 8.38.